The van der Waals surface area contributed by atoms with E-state index in [1.54, 1.807) is 0 Å². The van der Waals surface area contributed by atoms with Crippen LogP contribution >= 0.6 is 0 Å². The molecule has 0 spiro atoms. The van der Waals surface area contributed by atoms with E-state index in [1.165, 1.54) is 5.56 Å². The van der Waals surface area contributed by atoms with Crippen LogP contribution in [0.1, 0.15) is 38.3 Å². The molecular weight excluding hydrogens is 238 g/mol. The topological polar surface area (TPSA) is 40.5 Å². The zero-order valence-corrected chi connectivity index (χ0v) is 11.7. The molecule has 1 aromatic carbocycles. The maximum absolute atomic E-state index is 11.0. The molecule has 0 bridgehead atoms. The Morgan fingerprint density at radius 3 is 2.26 bits per heavy atom. The van der Waals surface area contributed by atoms with Crippen LogP contribution in [-0.4, -0.2) is 29.1 Å². The minimum Gasteiger partial charge on any atom is -0.481 e. The van der Waals surface area contributed by atoms with E-state index < -0.39 is 5.97 Å². The summed E-state index contributed by atoms with van der Waals surface area (Å²) in [5.41, 5.74) is 1.34. The molecule has 1 saturated heterocycles. The van der Waals surface area contributed by atoms with Gasteiger partial charge < -0.3 is 5.11 Å². The van der Waals surface area contributed by atoms with Gasteiger partial charge in [0, 0.05) is 6.04 Å². The Kier molecular flexibility index (Phi) is 4.59. The second-order valence-electron chi connectivity index (χ2n) is 5.75. The fourth-order valence-electron chi connectivity index (χ4n) is 3.09. The molecular formula is C16H23NO2. The smallest absolute Gasteiger partial charge is 0.306 e. The molecule has 1 N–H and O–H groups in total. The Morgan fingerprint density at radius 1 is 1.21 bits per heavy atom. The molecule has 104 valence electrons. The molecule has 1 aromatic rings. The number of rotatable bonds is 4. The molecule has 1 heterocycles. The van der Waals surface area contributed by atoms with Gasteiger partial charge in [-0.05, 0) is 37.4 Å². The lowest BCUT2D eigenvalue weighted by atomic mass is 9.90. The first kappa shape index (κ1) is 14.1. The maximum atomic E-state index is 11.0. The van der Waals surface area contributed by atoms with Crippen molar-refractivity contribution in [1.82, 2.24) is 4.90 Å². The molecule has 2 rings (SSSR count). The van der Waals surface area contributed by atoms with Gasteiger partial charge in [-0.3, -0.25) is 9.69 Å². The van der Waals surface area contributed by atoms with Crippen molar-refractivity contribution in [3.8, 4) is 0 Å². The van der Waals surface area contributed by atoms with E-state index in [1.807, 2.05) is 6.07 Å². The van der Waals surface area contributed by atoms with Gasteiger partial charge in [0.15, 0.2) is 0 Å². The molecule has 3 nitrogen and oxygen atoms in total. The Bertz CT molecular complexity index is 408. The number of carbonyl (C=O) groups is 1. The molecule has 1 aliphatic heterocycles. The zero-order valence-electron chi connectivity index (χ0n) is 11.7. The number of hydrogen-bond donors (Lipinski definition) is 1. The van der Waals surface area contributed by atoms with E-state index in [4.69, 9.17) is 5.11 Å². The number of carboxylic acid groups (broad SMARTS) is 1. The molecule has 3 heteroatoms. The Morgan fingerprint density at radius 2 is 1.79 bits per heavy atom. The fraction of sp³-hybridized carbons (Fsp3) is 0.562. The quantitative estimate of drug-likeness (QED) is 0.905. The highest BCUT2D eigenvalue weighted by atomic mass is 16.4. The van der Waals surface area contributed by atoms with E-state index in [9.17, 15) is 4.79 Å². The summed E-state index contributed by atoms with van der Waals surface area (Å²) in [6, 6.07) is 10.9. The van der Waals surface area contributed by atoms with E-state index in [0.717, 1.165) is 25.9 Å². The van der Waals surface area contributed by atoms with Crippen molar-refractivity contribution in [2.75, 3.05) is 13.1 Å². The summed E-state index contributed by atoms with van der Waals surface area (Å²) in [7, 11) is 0. The predicted molar refractivity (Wildman–Crippen MR) is 76.0 cm³/mol. The Labute approximate surface area is 115 Å². The van der Waals surface area contributed by atoms with Crippen LogP contribution in [0.3, 0.4) is 0 Å². The summed E-state index contributed by atoms with van der Waals surface area (Å²) < 4.78 is 0. The molecule has 0 aromatic heterocycles. The number of carboxylic acids is 1. The Hall–Kier alpha value is -1.35. The highest BCUT2D eigenvalue weighted by Crippen LogP contribution is 2.32. The molecule has 0 aliphatic carbocycles. The maximum Gasteiger partial charge on any atom is 0.306 e. The molecule has 0 radical (unpaired) electrons. The Balaban J connectivity index is 2.08. The van der Waals surface area contributed by atoms with Crippen LogP contribution in [-0.2, 0) is 4.79 Å². The van der Waals surface area contributed by atoms with Crippen molar-refractivity contribution in [2.24, 2.45) is 11.8 Å². The van der Waals surface area contributed by atoms with Crippen LogP contribution < -0.4 is 0 Å². The molecule has 1 unspecified atom stereocenters. The minimum absolute atomic E-state index is 0.153. The third-order valence-corrected chi connectivity index (χ3v) is 4.04. The van der Waals surface area contributed by atoms with Gasteiger partial charge in [0.25, 0.3) is 0 Å². The van der Waals surface area contributed by atoms with Gasteiger partial charge in [-0.25, -0.2) is 0 Å². The number of likely N-dealkylation sites (tertiary alicyclic amines) is 1. The molecule has 0 amide bonds. The first-order chi connectivity index (χ1) is 9.09. The zero-order chi connectivity index (χ0) is 13.8. The van der Waals surface area contributed by atoms with Gasteiger partial charge in [0.05, 0.1) is 5.92 Å². The lowest BCUT2D eigenvalue weighted by molar-refractivity contribution is -0.143. The summed E-state index contributed by atoms with van der Waals surface area (Å²) in [6.45, 7) is 6.24. The molecule has 1 atom stereocenters. The first-order valence-electron chi connectivity index (χ1n) is 7.11. The van der Waals surface area contributed by atoms with Crippen LogP contribution in [0, 0.1) is 11.8 Å². The number of piperidine rings is 1. The van der Waals surface area contributed by atoms with Crippen molar-refractivity contribution >= 4 is 5.97 Å². The summed E-state index contributed by atoms with van der Waals surface area (Å²) in [5, 5.41) is 9.07. The summed E-state index contributed by atoms with van der Waals surface area (Å²) in [6.07, 6.45) is 1.54. The van der Waals surface area contributed by atoms with E-state index >= 15 is 0 Å². The minimum atomic E-state index is -0.638. The third-order valence-electron chi connectivity index (χ3n) is 4.04. The van der Waals surface area contributed by atoms with E-state index in [-0.39, 0.29) is 5.92 Å². The molecule has 19 heavy (non-hydrogen) atoms. The van der Waals surface area contributed by atoms with Crippen LogP contribution in [0.2, 0.25) is 0 Å². The lowest BCUT2D eigenvalue weighted by Crippen LogP contribution is -2.40. The summed E-state index contributed by atoms with van der Waals surface area (Å²) in [5.74, 6) is -0.260. The lowest BCUT2D eigenvalue weighted by Gasteiger charge is -2.39. The van der Waals surface area contributed by atoms with Crippen LogP contribution in [0.15, 0.2) is 30.3 Å². The van der Waals surface area contributed by atoms with Crippen molar-refractivity contribution in [3.05, 3.63) is 35.9 Å². The van der Waals surface area contributed by atoms with Crippen LogP contribution in [0.4, 0.5) is 0 Å². The molecule has 1 aliphatic rings. The standard InChI is InChI=1S/C16H23NO2/c1-12(2)15(13-6-4-3-5-7-13)17-10-8-14(9-11-17)16(18)19/h3-7,12,14-15H,8-11H2,1-2H3,(H,18,19). The average Bonchev–Trinajstić information content (AvgIpc) is 2.40. The largest absolute Gasteiger partial charge is 0.481 e. The third kappa shape index (κ3) is 3.35. The van der Waals surface area contributed by atoms with Gasteiger partial charge in [0.1, 0.15) is 0 Å². The van der Waals surface area contributed by atoms with E-state index in [0.29, 0.717) is 12.0 Å². The van der Waals surface area contributed by atoms with Gasteiger partial charge in [-0.2, -0.15) is 0 Å². The fourth-order valence-corrected chi connectivity index (χ4v) is 3.09. The summed E-state index contributed by atoms with van der Waals surface area (Å²) >= 11 is 0. The second kappa shape index (κ2) is 6.20. The van der Waals surface area contributed by atoms with Gasteiger partial charge >= 0.3 is 5.97 Å². The van der Waals surface area contributed by atoms with Crippen LogP contribution in [0.25, 0.3) is 0 Å². The first-order valence-corrected chi connectivity index (χ1v) is 7.11. The highest BCUT2D eigenvalue weighted by molar-refractivity contribution is 5.70. The number of aliphatic carboxylic acids is 1. The van der Waals surface area contributed by atoms with Crippen LogP contribution in [0.5, 0.6) is 0 Å². The number of benzene rings is 1. The molecule has 1 fully saturated rings. The van der Waals surface area contributed by atoms with E-state index in [2.05, 4.69) is 43.0 Å². The SMILES string of the molecule is CC(C)C(c1ccccc1)N1CCC(C(=O)O)CC1. The van der Waals surface area contributed by atoms with Gasteiger partial charge in [0.2, 0.25) is 0 Å². The van der Waals surface area contributed by atoms with Crippen molar-refractivity contribution in [1.29, 1.82) is 0 Å². The predicted octanol–water partition coefficient (Wildman–Crippen LogP) is 3.18. The number of hydrogen-bond acceptors (Lipinski definition) is 2. The molecule has 0 saturated carbocycles. The van der Waals surface area contributed by atoms with Gasteiger partial charge in [-0.15, -0.1) is 0 Å². The average molecular weight is 261 g/mol. The summed E-state index contributed by atoms with van der Waals surface area (Å²) in [4.78, 5) is 13.5. The van der Waals surface area contributed by atoms with Gasteiger partial charge in [-0.1, -0.05) is 44.2 Å². The van der Waals surface area contributed by atoms with Crippen molar-refractivity contribution in [2.45, 2.75) is 32.7 Å². The second-order valence-corrected chi connectivity index (χ2v) is 5.75. The monoisotopic (exact) mass is 261 g/mol. The highest BCUT2D eigenvalue weighted by Gasteiger charge is 2.30. The van der Waals surface area contributed by atoms with Crippen molar-refractivity contribution in [3.63, 3.8) is 0 Å². The number of nitrogens with zero attached hydrogens (tertiary/aromatic N) is 1. The van der Waals surface area contributed by atoms with Crippen molar-refractivity contribution < 1.29 is 9.90 Å². The normalized spacial score (nSPS) is 19.5.